The van der Waals surface area contributed by atoms with Gasteiger partial charge in [0.1, 0.15) is 0 Å². The summed E-state index contributed by atoms with van der Waals surface area (Å²) in [6.45, 7) is 2.63. The average Bonchev–Trinajstić information content (AvgIpc) is 2.37. The van der Waals surface area contributed by atoms with Crippen LogP contribution in [0.1, 0.15) is 51.9 Å². The molecule has 0 aliphatic heterocycles. The number of hydrogen-bond acceptors (Lipinski definition) is 3. The highest BCUT2D eigenvalue weighted by atomic mass is 32.2. The van der Waals surface area contributed by atoms with Gasteiger partial charge in [-0.3, -0.25) is 4.79 Å². The number of urea groups is 1. The van der Waals surface area contributed by atoms with Crippen LogP contribution in [0.2, 0.25) is 0 Å². The standard InChI is InChI=1S/C14H28N2O3S/c1-3-8-12(11-13(17)18)16-14(19)15-9-6-4-5-7-10-20-2/h12H,3-11H2,1-2H3,(H,17,18)(H2,15,16,19). The van der Waals surface area contributed by atoms with Gasteiger partial charge < -0.3 is 15.7 Å². The van der Waals surface area contributed by atoms with Crippen molar-refractivity contribution in [1.82, 2.24) is 10.6 Å². The molecule has 0 saturated heterocycles. The molecule has 0 rings (SSSR count). The van der Waals surface area contributed by atoms with Crippen molar-refractivity contribution in [2.24, 2.45) is 0 Å². The molecule has 1 unspecified atom stereocenters. The quantitative estimate of drug-likeness (QED) is 0.484. The van der Waals surface area contributed by atoms with E-state index in [-0.39, 0.29) is 18.5 Å². The number of thioether (sulfide) groups is 1. The van der Waals surface area contributed by atoms with Gasteiger partial charge in [-0.2, -0.15) is 11.8 Å². The van der Waals surface area contributed by atoms with Crippen LogP contribution in [0.25, 0.3) is 0 Å². The molecule has 2 amide bonds. The summed E-state index contributed by atoms with van der Waals surface area (Å²) < 4.78 is 0. The SMILES string of the molecule is CCCC(CC(=O)O)NC(=O)NCCCCCCSC. The van der Waals surface area contributed by atoms with Crippen molar-refractivity contribution in [3.63, 3.8) is 0 Å². The van der Waals surface area contributed by atoms with Gasteiger partial charge in [-0.15, -0.1) is 0 Å². The molecule has 0 radical (unpaired) electrons. The molecule has 5 nitrogen and oxygen atoms in total. The Morgan fingerprint density at radius 3 is 2.50 bits per heavy atom. The topological polar surface area (TPSA) is 78.4 Å². The lowest BCUT2D eigenvalue weighted by Crippen LogP contribution is -2.43. The van der Waals surface area contributed by atoms with E-state index in [0.29, 0.717) is 13.0 Å². The van der Waals surface area contributed by atoms with Gasteiger partial charge in [-0.25, -0.2) is 4.79 Å². The second-order valence-corrected chi connectivity index (χ2v) is 5.88. The lowest BCUT2D eigenvalue weighted by atomic mass is 10.1. The predicted molar refractivity (Wildman–Crippen MR) is 84.3 cm³/mol. The van der Waals surface area contributed by atoms with E-state index in [1.54, 1.807) is 0 Å². The molecule has 6 heteroatoms. The maximum absolute atomic E-state index is 11.6. The zero-order chi connectivity index (χ0) is 15.2. The van der Waals surface area contributed by atoms with Crippen molar-refractivity contribution in [1.29, 1.82) is 0 Å². The van der Waals surface area contributed by atoms with E-state index in [0.717, 1.165) is 19.3 Å². The molecule has 0 heterocycles. The molecule has 0 aromatic carbocycles. The number of aliphatic carboxylic acids is 1. The zero-order valence-corrected chi connectivity index (χ0v) is 13.4. The second kappa shape index (κ2) is 13.1. The van der Waals surface area contributed by atoms with E-state index in [2.05, 4.69) is 16.9 Å². The fourth-order valence-electron chi connectivity index (χ4n) is 1.95. The summed E-state index contributed by atoms with van der Waals surface area (Å²) in [5, 5.41) is 14.3. The monoisotopic (exact) mass is 304 g/mol. The lowest BCUT2D eigenvalue weighted by molar-refractivity contribution is -0.137. The molecule has 1 atom stereocenters. The molecular weight excluding hydrogens is 276 g/mol. The van der Waals surface area contributed by atoms with Crippen molar-refractivity contribution < 1.29 is 14.7 Å². The van der Waals surface area contributed by atoms with Crippen molar-refractivity contribution in [3.8, 4) is 0 Å². The zero-order valence-electron chi connectivity index (χ0n) is 12.6. The Hall–Kier alpha value is -0.910. The summed E-state index contributed by atoms with van der Waals surface area (Å²) in [4.78, 5) is 22.3. The first-order valence-corrected chi connectivity index (χ1v) is 8.74. The van der Waals surface area contributed by atoms with Crippen LogP contribution in [0.5, 0.6) is 0 Å². The Morgan fingerprint density at radius 1 is 1.20 bits per heavy atom. The smallest absolute Gasteiger partial charge is 0.315 e. The van der Waals surface area contributed by atoms with Gasteiger partial charge in [0.25, 0.3) is 0 Å². The average molecular weight is 304 g/mol. The first kappa shape index (κ1) is 19.1. The highest BCUT2D eigenvalue weighted by Crippen LogP contribution is 2.04. The number of carbonyl (C=O) groups is 2. The Bertz CT molecular complexity index is 275. The van der Waals surface area contributed by atoms with Crippen LogP contribution in [0.4, 0.5) is 4.79 Å². The van der Waals surface area contributed by atoms with Crippen molar-refractivity contribution >= 4 is 23.8 Å². The molecule has 118 valence electrons. The van der Waals surface area contributed by atoms with Gasteiger partial charge in [0, 0.05) is 12.6 Å². The molecule has 0 aromatic heterocycles. The van der Waals surface area contributed by atoms with Gasteiger partial charge in [-0.1, -0.05) is 26.2 Å². The van der Waals surface area contributed by atoms with E-state index < -0.39 is 5.97 Å². The van der Waals surface area contributed by atoms with E-state index in [4.69, 9.17) is 5.11 Å². The molecule has 0 spiro atoms. The lowest BCUT2D eigenvalue weighted by Gasteiger charge is -2.16. The summed E-state index contributed by atoms with van der Waals surface area (Å²) in [7, 11) is 0. The summed E-state index contributed by atoms with van der Waals surface area (Å²) in [6.07, 6.45) is 8.15. The number of hydrogen-bond donors (Lipinski definition) is 3. The van der Waals surface area contributed by atoms with E-state index in [1.165, 1.54) is 18.6 Å². The number of amides is 2. The minimum Gasteiger partial charge on any atom is -0.481 e. The molecule has 3 N–H and O–H groups in total. The van der Waals surface area contributed by atoms with Crippen LogP contribution in [-0.2, 0) is 4.79 Å². The fraction of sp³-hybridized carbons (Fsp3) is 0.857. The number of carboxylic acids is 1. The van der Waals surface area contributed by atoms with E-state index in [1.807, 2.05) is 18.7 Å². The molecule has 0 aliphatic carbocycles. The Balaban J connectivity index is 3.66. The van der Waals surface area contributed by atoms with Gasteiger partial charge in [0.2, 0.25) is 0 Å². The largest absolute Gasteiger partial charge is 0.481 e. The highest BCUT2D eigenvalue weighted by Gasteiger charge is 2.14. The van der Waals surface area contributed by atoms with Crippen molar-refractivity contribution in [3.05, 3.63) is 0 Å². The fourth-order valence-corrected chi connectivity index (χ4v) is 2.44. The molecular formula is C14H28N2O3S. The Labute approximate surface area is 126 Å². The van der Waals surface area contributed by atoms with Crippen LogP contribution in [0, 0.1) is 0 Å². The first-order chi connectivity index (χ1) is 9.60. The van der Waals surface area contributed by atoms with Crippen LogP contribution in [0.15, 0.2) is 0 Å². The summed E-state index contributed by atoms with van der Waals surface area (Å²) in [5.41, 5.74) is 0. The van der Waals surface area contributed by atoms with Crippen LogP contribution < -0.4 is 10.6 Å². The van der Waals surface area contributed by atoms with Crippen molar-refractivity contribution in [2.45, 2.75) is 57.9 Å². The van der Waals surface area contributed by atoms with Gasteiger partial charge in [-0.05, 0) is 31.3 Å². The molecule has 20 heavy (non-hydrogen) atoms. The number of carbonyl (C=O) groups excluding carboxylic acids is 1. The van der Waals surface area contributed by atoms with Gasteiger partial charge in [0.15, 0.2) is 0 Å². The second-order valence-electron chi connectivity index (χ2n) is 4.89. The Kier molecular flexibility index (Phi) is 12.5. The maximum Gasteiger partial charge on any atom is 0.315 e. The summed E-state index contributed by atoms with van der Waals surface area (Å²) >= 11 is 1.86. The van der Waals surface area contributed by atoms with Crippen molar-refractivity contribution in [2.75, 3.05) is 18.6 Å². The van der Waals surface area contributed by atoms with Crippen LogP contribution >= 0.6 is 11.8 Å². The third-order valence-corrected chi connectivity index (χ3v) is 3.65. The molecule has 0 aliphatic rings. The van der Waals surface area contributed by atoms with Crippen LogP contribution in [-0.4, -0.2) is 41.7 Å². The van der Waals surface area contributed by atoms with Gasteiger partial charge >= 0.3 is 12.0 Å². The Morgan fingerprint density at radius 2 is 1.90 bits per heavy atom. The van der Waals surface area contributed by atoms with E-state index >= 15 is 0 Å². The van der Waals surface area contributed by atoms with E-state index in [9.17, 15) is 9.59 Å². The predicted octanol–water partition coefficient (Wildman–Crippen LogP) is 2.85. The normalized spacial score (nSPS) is 11.9. The minimum atomic E-state index is -0.877. The third kappa shape index (κ3) is 12.1. The maximum atomic E-state index is 11.6. The molecule has 0 aromatic rings. The van der Waals surface area contributed by atoms with Crippen LogP contribution in [0.3, 0.4) is 0 Å². The number of unbranched alkanes of at least 4 members (excludes halogenated alkanes) is 3. The molecule has 0 saturated carbocycles. The van der Waals surface area contributed by atoms with Gasteiger partial charge in [0.05, 0.1) is 6.42 Å². The molecule has 0 fully saturated rings. The number of carboxylic acid groups (broad SMARTS) is 1. The minimum absolute atomic E-state index is 0.0179. The summed E-state index contributed by atoms with van der Waals surface area (Å²) in [6, 6.07) is -0.534. The summed E-state index contributed by atoms with van der Waals surface area (Å²) in [5.74, 6) is 0.319. The third-order valence-electron chi connectivity index (χ3n) is 2.95. The highest BCUT2D eigenvalue weighted by molar-refractivity contribution is 7.98. The number of nitrogens with one attached hydrogen (secondary N) is 2. The molecule has 0 bridgehead atoms. The number of rotatable bonds is 12. The first-order valence-electron chi connectivity index (χ1n) is 7.35.